The molecule has 11 heteroatoms. The molecular weight excluding hydrogens is 581 g/mol. The maximum absolute atomic E-state index is 14.3. The highest BCUT2D eigenvalue weighted by Gasteiger charge is 2.52. The number of nitrogens with zero attached hydrogens (tertiary/aromatic N) is 3. The summed E-state index contributed by atoms with van der Waals surface area (Å²) in [7, 11) is 7.44. The highest BCUT2D eigenvalue weighted by atomic mass is 19.1. The van der Waals surface area contributed by atoms with E-state index in [4.69, 9.17) is 18.9 Å². The molecule has 3 saturated heterocycles. The van der Waals surface area contributed by atoms with Gasteiger partial charge in [0.15, 0.2) is 12.1 Å². The molecule has 1 N–H and O–H groups in total. The molecule has 3 rings (SSSR count). The zero-order chi connectivity index (χ0) is 33.7. The largest absolute Gasteiger partial charge is 0.463 e. The second-order valence-corrected chi connectivity index (χ2v) is 14.7. The molecule has 0 saturated carbocycles. The Kier molecular flexibility index (Phi) is 13.6. The molecule has 0 aliphatic carbocycles. The first-order chi connectivity index (χ1) is 21.0. The van der Waals surface area contributed by atoms with Gasteiger partial charge in [0.05, 0.1) is 17.6 Å². The van der Waals surface area contributed by atoms with E-state index in [1.807, 2.05) is 39.9 Å². The summed E-state index contributed by atoms with van der Waals surface area (Å²) < 4.78 is 38.5. The van der Waals surface area contributed by atoms with Crippen molar-refractivity contribution in [1.29, 1.82) is 0 Å². The fourth-order valence-corrected chi connectivity index (χ4v) is 7.33. The number of ketones is 1. The molecule has 0 aromatic carbocycles. The van der Waals surface area contributed by atoms with Gasteiger partial charge in [0, 0.05) is 38.8 Å². The number of carbonyl (C=O) groups is 2. The molecule has 0 aromatic rings. The number of aliphatic hydroxyl groups excluding tert-OH is 1. The van der Waals surface area contributed by atoms with Crippen LogP contribution < -0.4 is 0 Å². The molecular formula is C34H60FN3O7. The van der Waals surface area contributed by atoms with Crippen LogP contribution in [0.4, 0.5) is 4.39 Å². The molecule has 3 aliphatic rings. The van der Waals surface area contributed by atoms with E-state index >= 15 is 0 Å². The molecule has 3 fully saturated rings. The van der Waals surface area contributed by atoms with E-state index in [2.05, 4.69) is 23.3 Å². The molecule has 260 valence electrons. The van der Waals surface area contributed by atoms with Crippen molar-refractivity contribution in [3.63, 3.8) is 0 Å². The maximum atomic E-state index is 14.3. The van der Waals surface area contributed by atoms with Gasteiger partial charge in [-0.05, 0) is 93.4 Å². The first-order valence-corrected chi connectivity index (χ1v) is 16.6. The fourth-order valence-electron chi connectivity index (χ4n) is 7.33. The smallest absolute Gasteiger partial charge is 0.319 e. The number of alkyl halides is 1. The summed E-state index contributed by atoms with van der Waals surface area (Å²) in [6.07, 6.45) is 1.00. The third-order valence-electron chi connectivity index (χ3n) is 10.2. The predicted molar refractivity (Wildman–Crippen MR) is 172 cm³/mol. The van der Waals surface area contributed by atoms with Crippen molar-refractivity contribution in [2.24, 2.45) is 17.3 Å². The maximum Gasteiger partial charge on any atom is 0.319 e. The number of ether oxygens (including phenoxy) is 4. The van der Waals surface area contributed by atoms with Crippen LogP contribution in [0.2, 0.25) is 0 Å². The van der Waals surface area contributed by atoms with Crippen molar-refractivity contribution < 1.29 is 38.0 Å². The van der Waals surface area contributed by atoms with Crippen molar-refractivity contribution in [3.05, 3.63) is 12.7 Å². The minimum Gasteiger partial charge on any atom is -0.463 e. The van der Waals surface area contributed by atoms with E-state index < -0.39 is 53.4 Å². The topological polar surface area (TPSA) is 101 Å². The molecule has 0 aromatic heterocycles. The SMILES string of the molecule is C=C[C@H]1C(=O)C(C)(C)C(=O)OC[C@H](CCCN2CC[C@H](F)C2)N(C)C[C@H](C)C[C@@](C)(OC)[C@@H]1OC1O[C@H](C)C[C@H](N(C)C)[C@H]1O. The molecule has 10 nitrogen and oxygen atoms in total. The Bertz CT molecular complexity index is 999. The van der Waals surface area contributed by atoms with E-state index in [9.17, 15) is 19.1 Å². The Morgan fingerprint density at radius 3 is 2.47 bits per heavy atom. The van der Waals surface area contributed by atoms with E-state index in [-0.39, 0.29) is 30.7 Å². The summed E-state index contributed by atoms with van der Waals surface area (Å²) in [5, 5.41) is 11.3. The number of methoxy groups -OCH3 is 1. The van der Waals surface area contributed by atoms with Crippen LogP contribution in [0.15, 0.2) is 12.7 Å². The summed E-state index contributed by atoms with van der Waals surface area (Å²) in [5.41, 5.74) is -2.51. The van der Waals surface area contributed by atoms with Crippen molar-refractivity contribution in [3.8, 4) is 0 Å². The Labute approximate surface area is 270 Å². The Hall–Kier alpha value is -1.47. The first kappa shape index (κ1) is 38.0. The van der Waals surface area contributed by atoms with Crippen LogP contribution in [0.3, 0.4) is 0 Å². The molecule has 0 amide bonds. The van der Waals surface area contributed by atoms with Gasteiger partial charge in [0.1, 0.15) is 30.4 Å². The second-order valence-electron chi connectivity index (χ2n) is 14.7. The summed E-state index contributed by atoms with van der Waals surface area (Å²) >= 11 is 0. The molecule has 1 unspecified atom stereocenters. The van der Waals surface area contributed by atoms with Gasteiger partial charge < -0.3 is 33.9 Å². The van der Waals surface area contributed by atoms with E-state index in [0.29, 0.717) is 32.4 Å². The highest BCUT2D eigenvalue weighted by molar-refractivity contribution is 6.05. The van der Waals surface area contributed by atoms with Crippen LogP contribution in [0.25, 0.3) is 0 Å². The van der Waals surface area contributed by atoms with Gasteiger partial charge >= 0.3 is 5.97 Å². The van der Waals surface area contributed by atoms with Crippen molar-refractivity contribution >= 4 is 11.8 Å². The van der Waals surface area contributed by atoms with Crippen molar-refractivity contribution in [1.82, 2.24) is 14.7 Å². The lowest BCUT2D eigenvalue weighted by atomic mass is 9.73. The quantitative estimate of drug-likeness (QED) is 0.229. The first-order valence-electron chi connectivity index (χ1n) is 16.6. The number of Topliss-reactive ketones (excluding diaryl/α,β-unsaturated/α-hetero) is 1. The Morgan fingerprint density at radius 2 is 1.89 bits per heavy atom. The average molecular weight is 642 g/mol. The lowest BCUT2D eigenvalue weighted by molar-refractivity contribution is -0.294. The number of likely N-dealkylation sites (N-methyl/N-ethyl adjacent to an activating group) is 2. The van der Waals surface area contributed by atoms with Gasteiger partial charge in [0.25, 0.3) is 0 Å². The molecule has 10 atom stereocenters. The number of hydrogen-bond acceptors (Lipinski definition) is 10. The molecule has 0 spiro atoms. The van der Waals surface area contributed by atoms with Crippen LogP contribution in [0.1, 0.15) is 66.7 Å². The monoisotopic (exact) mass is 641 g/mol. The number of hydrogen-bond donors (Lipinski definition) is 1. The molecule has 45 heavy (non-hydrogen) atoms. The van der Waals surface area contributed by atoms with E-state index in [0.717, 1.165) is 25.9 Å². The molecule has 3 heterocycles. The van der Waals surface area contributed by atoms with Gasteiger partial charge in [-0.2, -0.15) is 0 Å². The number of cyclic esters (lactones) is 1. The third kappa shape index (κ3) is 9.33. The van der Waals surface area contributed by atoms with Crippen LogP contribution in [-0.4, -0.2) is 141 Å². The fraction of sp³-hybridized carbons (Fsp3) is 0.882. The Balaban J connectivity index is 1.93. The van der Waals surface area contributed by atoms with Crippen LogP contribution in [0, 0.1) is 17.3 Å². The molecule has 0 bridgehead atoms. The summed E-state index contributed by atoms with van der Waals surface area (Å²) in [4.78, 5) is 34.2. The van der Waals surface area contributed by atoms with E-state index in [1.54, 1.807) is 21.0 Å². The number of rotatable bonds is 9. The van der Waals surface area contributed by atoms with Gasteiger partial charge in [-0.1, -0.05) is 13.0 Å². The number of esters is 1. The zero-order valence-corrected chi connectivity index (χ0v) is 29.2. The number of carbonyl (C=O) groups excluding carboxylic acids is 2. The molecule has 0 radical (unpaired) electrons. The summed E-state index contributed by atoms with van der Waals surface area (Å²) in [6.45, 7) is 16.0. The standard InChI is InChI=1S/C34H60FN3O7/c1-11-26-29(40)33(4,5)32(41)43-21-25(13-12-15-38-16-14-24(35)20-38)37(9)19-22(2)18-34(6,42-10)30(26)45-31-28(39)27(36(7)8)17-23(3)44-31/h11,22-28,30-31,39H,1,12-21H2,2-10H3/t22-,23-,24+,25+,26+,27+,28-,30-,31?,34-/m1/s1. The third-order valence-corrected chi connectivity index (χ3v) is 10.2. The van der Waals surface area contributed by atoms with Crippen LogP contribution >= 0.6 is 0 Å². The van der Waals surface area contributed by atoms with Crippen LogP contribution in [-0.2, 0) is 28.5 Å². The average Bonchev–Trinajstić information content (AvgIpc) is 3.39. The van der Waals surface area contributed by atoms with Gasteiger partial charge in [0.2, 0.25) is 0 Å². The number of likely N-dealkylation sites (tertiary alicyclic amines) is 1. The lowest BCUT2D eigenvalue weighted by Crippen LogP contribution is -2.59. The Morgan fingerprint density at radius 1 is 1.20 bits per heavy atom. The van der Waals surface area contributed by atoms with Gasteiger partial charge in [-0.15, -0.1) is 6.58 Å². The normalized spacial score (nSPS) is 39.6. The minimum absolute atomic E-state index is 0.0712. The molecule has 3 aliphatic heterocycles. The summed E-state index contributed by atoms with van der Waals surface area (Å²) in [6, 6.07) is -0.280. The predicted octanol–water partition coefficient (Wildman–Crippen LogP) is 3.31. The number of aliphatic hydroxyl groups is 1. The number of halogens is 1. The highest BCUT2D eigenvalue weighted by Crippen LogP contribution is 2.39. The van der Waals surface area contributed by atoms with Crippen LogP contribution in [0.5, 0.6) is 0 Å². The van der Waals surface area contributed by atoms with E-state index in [1.165, 1.54) is 6.08 Å². The van der Waals surface area contributed by atoms with Gasteiger partial charge in [-0.3, -0.25) is 14.5 Å². The van der Waals surface area contributed by atoms with Crippen molar-refractivity contribution in [2.45, 2.75) is 115 Å². The van der Waals surface area contributed by atoms with Gasteiger partial charge in [-0.25, -0.2) is 4.39 Å². The zero-order valence-electron chi connectivity index (χ0n) is 29.2. The lowest BCUT2D eigenvalue weighted by Gasteiger charge is -2.47. The van der Waals surface area contributed by atoms with Crippen molar-refractivity contribution in [2.75, 3.05) is 61.0 Å². The second kappa shape index (κ2) is 16.1. The summed E-state index contributed by atoms with van der Waals surface area (Å²) in [5.74, 6) is -1.87. The minimum atomic E-state index is -1.50.